The molecule has 2 rings (SSSR count). The van der Waals surface area contributed by atoms with Gasteiger partial charge in [0.2, 0.25) is 0 Å². The van der Waals surface area contributed by atoms with Gasteiger partial charge in [0, 0.05) is 0 Å². The molecule has 2 aliphatic rings. The highest BCUT2D eigenvalue weighted by atomic mass is 14.2. The lowest BCUT2D eigenvalue weighted by atomic mass is 9.85. The third-order valence-corrected chi connectivity index (χ3v) is 5.01. The van der Waals surface area contributed by atoms with Gasteiger partial charge in [0.1, 0.15) is 0 Å². The zero-order chi connectivity index (χ0) is 15.9. The Balaban J connectivity index is 0.000000354. The van der Waals surface area contributed by atoms with Crippen LogP contribution in [0.1, 0.15) is 111 Å². The fourth-order valence-electron chi connectivity index (χ4n) is 3.52. The van der Waals surface area contributed by atoms with Gasteiger partial charge in [-0.1, -0.05) is 97.0 Å². The van der Waals surface area contributed by atoms with E-state index in [1.807, 2.05) is 13.8 Å². The molecule has 0 aliphatic heterocycles. The van der Waals surface area contributed by atoms with Gasteiger partial charge < -0.3 is 0 Å². The van der Waals surface area contributed by atoms with Gasteiger partial charge in [0.05, 0.1) is 0 Å². The summed E-state index contributed by atoms with van der Waals surface area (Å²) >= 11 is 0. The van der Waals surface area contributed by atoms with Crippen molar-refractivity contribution in [2.45, 2.75) is 111 Å². The molecule has 0 heteroatoms. The zero-order valence-electron chi connectivity index (χ0n) is 15.6. The molecule has 0 bridgehead atoms. The van der Waals surface area contributed by atoms with Crippen LogP contribution in [0, 0.1) is 11.8 Å². The highest BCUT2D eigenvalue weighted by Gasteiger charge is 2.12. The molecule has 0 N–H and O–H groups in total. The first-order chi connectivity index (χ1) is 10.2. The molecule has 0 radical (unpaired) electrons. The van der Waals surface area contributed by atoms with E-state index in [1.165, 1.54) is 89.0 Å². The summed E-state index contributed by atoms with van der Waals surface area (Å²) in [5.74, 6) is 2.11. The van der Waals surface area contributed by atoms with Crippen molar-refractivity contribution >= 4 is 0 Å². The van der Waals surface area contributed by atoms with Crippen molar-refractivity contribution in [3.63, 3.8) is 0 Å². The largest absolute Gasteiger partial charge is 0.100 e. The quantitative estimate of drug-likeness (QED) is 0.462. The van der Waals surface area contributed by atoms with E-state index in [0.717, 1.165) is 11.8 Å². The predicted molar refractivity (Wildman–Crippen MR) is 98.8 cm³/mol. The molecule has 0 spiro atoms. The topological polar surface area (TPSA) is 0 Å². The highest BCUT2D eigenvalue weighted by molar-refractivity contribution is 4.88. The summed E-state index contributed by atoms with van der Waals surface area (Å²) in [4.78, 5) is 0. The van der Waals surface area contributed by atoms with E-state index in [2.05, 4.69) is 20.4 Å². The smallest absolute Gasteiger partial charge is 0.0323 e. The van der Waals surface area contributed by atoms with Crippen molar-refractivity contribution in [1.82, 2.24) is 0 Å². The van der Waals surface area contributed by atoms with Crippen molar-refractivity contribution in [3.05, 3.63) is 12.2 Å². The van der Waals surface area contributed by atoms with Crippen molar-refractivity contribution in [2.24, 2.45) is 11.8 Å². The molecule has 2 aliphatic carbocycles. The van der Waals surface area contributed by atoms with Crippen LogP contribution < -0.4 is 0 Å². The molecule has 0 amide bonds. The molecule has 0 aromatic rings. The van der Waals surface area contributed by atoms with Crippen molar-refractivity contribution in [2.75, 3.05) is 0 Å². The van der Waals surface area contributed by atoms with Gasteiger partial charge in [0.15, 0.2) is 0 Å². The maximum Gasteiger partial charge on any atom is -0.0323 e. The fraction of sp³-hybridized carbons (Fsp3) is 0.905. The molecule has 0 nitrogen and oxygen atoms in total. The molecule has 0 unspecified atom stereocenters. The molecule has 2 saturated carbocycles. The maximum atomic E-state index is 3.94. The lowest BCUT2D eigenvalue weighted by Crippen LogP contribution is -2.05. The highest BCUT2D eigenvalue weighted by Crippen LogP contribution is 2.28. The summed E-state index contributed by atoms with van der Waals surface area (Å²) < 4.78 is 0. The third kappa shape index (κ3) is 12.0. The first kappa shape index (κ1) is 20.7. The molecular formula is C21H42. The monoisotopic (exact) mass is 294 g/mol. The molecule has 2 fully saturated rings. The molecular weight excluding hydrogens is 252 g/mol. The van der Waals surface area contributed by atoms with Gasteiger partial charge in [-0.05, 0) is 31.6 Å². The van der Waals surface area contributed by atoms with Gasteiger partial charge in [-0.15, -0.1) is 6.58 Å². The van der Waals surface area contributed by atoms with E-state index >= 15 is 0 Å². The molecule has 126 valence electrons. The van der Waals surface area contributed by atoms with E-state index in [9.17, 15) is 0 Å². The molecule has 0 atom stereocenters. The average Bonchev–Trinajstić information content (AvgIpc) is 2.57. The Bertz CT molecular complexity index is 216. The van der Waals surface area contributed by atoms with Crippen LogP contribution in [-0.2, 0) is 0 Å². The van der Waals surface area contributed by atoms with E-state index in [1.54, 1.807) is 0 Å². The summed E-state index contributed by atoms with van der Waals surface area (Å²) in [6.07, 6.45) is 19.0. The Morgan fingerprint density at radius 2 is 1.24 bits per heavy atom. The Morgan fingerprint density at radius 1 is 0.810 bits per heavy atom. The van der Waals surface area contributed by atoms with Crippen LogP contribution in [-0.4, -0.2) is 0 Å². The Hall–Kier alpha value is -0.260. The van der Waals surface area contributed by atoms with Gasteiger partial charge in [-0.2, -0.15) is 0 Å². The maximum absolute atomic E-state index is 3.94. The van der Waals surface area contributed by atoms with Crippen molar-refractivity contribution in [1.29, 1.82) is 0 Å². The minimum Gasteiger partial charge on any atom is -0.100 e. The van der Waals surface area contributed by atoms with Gasteiger partial charge in [-0.25, -0.2) is 0 Å². The van der Waals surface area contributed by atoms with Crippen LogP contribution in [0.25, 0.3) is 0 Å². The first-order valence-electron chi connectivity index (χ1n) is 9.86. The number of hydrogen-bond acceptors (Lipinski definition) is 0. The van der Waals surface area contributed by atoms with Crippen LogP contribution >= 0.6 is 0 Å². The van der Waals surface area contributed by atoms with E-state index in [0.29, 0.717) is 0 Å². The standard InChI is InChI=1S/C11H20.C8H16.C2H6/c1-10(2)8-9-11-6-4-3-5-7-11;1-2-8-6-4-3-5-7-8;1-2/h11H,1,3-9H2,2H3;8H,2-7H2,1H3;1-2H3. The minimum absolute atomic E-state index is 1.03. The van der Waals surface area contributed by atoms with Crippen molar-refractivity contribution < 1.29 is 0 Å². The van der Waals surface area contributed by atoms with Gasteiger partial charge >= 0.3 is 0 Å². The third-order valence-electron chi connectivity index (χ3n) is 5.01. The van der Waals surface area contributed by atoms with Crippen LogP contribution in [0.5, 0.6) is 0 Å². The Labute approximate surface area is 135 Å². The van der Waals surface area contributed by atoms with Gasteiger partial charge in [-0.3, -0.25) is 0 Å². The lowest BCUT2D eigenvalue weighted by molar-refractivity contribution is 0.339. The summed E-state index contributed by atoms with van der Waals surface area (Å²) in [5, 5.41) is 0. The molecule has 21 heavy (non-hydrogen) atoms. The van der Waals surface area contributed by atoms with Crippen LogP contribution in [0.4, 0.5) is 0 Å². The normalized spacial score (nSPS) is 19.8. The van der Waals surface area contributed by atoms with Crippen LogP contribution in [0.2, 0.25) is 0 Å². The van der Waals surface area contributed by atoms with Crippen LogP contribution in [0.15, 0.2) is 12.2 Å². The second kappa shape index (κ2) is 14.7. The molecule has 0 aromatic heterocycles. The number of allylic oxidation sites excluding steroid dienone is 1. The molecule has 0 heterocycles. The second-order valence-corrected chi connectivity index (χ2v) is 6.91. The summed E-state index contributed by atoms with van der Waals surface area (Å²) in [7, 11) is 0. The van der Waals surface area contributed by atoms with Crippen molar-refractivity contribution in [3.8, 4) is 0 Å². The summed E-state index contributed by atoms with van der Waals surface area (Å²) in [6, 6.07) is 0. The van der Waals surface area contributed by atoms with E-state index in [-0.39, 0.29) is 0 Å². The predicted octanol–water partition coefficient (Wildman–Crippen LogP) is 7.93. The first-order valence-corrected chi connectivity index (χ1v) is 9.86. The fourth-order valence-corrected chi connectivity index (χ4v) is 3.52. The zero-order valence-corrected chi connectivity index (χ0v) is 15.6. The molecule has 0 aromatic carbocycles. The molecule has 0 saturated heterocycles. The Morgan fingerprint density at radius 3 is 1.57 bits per heavy atom. The lowest BCUT2D eigenvalue weighted by Gasteiger charge is -2.21. The second-order valence-electron chi connectivity index (χ2n) is 6.91. The summed E-state index contributed by atoms with van der Waals surface area (Å²) in [6.45, 7) is 12.4. The van der Waals surface area contributed by atoms with E-state index < -0.39 is 0 Å². The minimum atomic E-state index is 1.03. The Kier molecular flexibility index (Phi) is 14.5. The SMILES string of the molecule is C=C(C)CCC1CCCCC1.CC.CCC1CCCCC1. The number of hydrogen-bond donors (Lipinski definition) is 0. The summed E-state index contributed by atoms with van der Waals surface area (Å²) in [5.41, 5.74) is 1.36. The average molecular weight is 295 g/mol. The van der Waals surface area contributed by atoms with Gasteiger partial charge in [0.25, 0.3) is 0 Å². The number of rotatable bonds is 4. The van der Waals surface area contributed by atoms with E-state index in [4.69, 9.17) is 0 Å². The van der Waals surface area contributed by atoms with Crippen LogP contribution in [0.3, 0.4) is 0 Å².